The van der Waals surface area contributed by atoms with Gasteiger partial charge in [-0.2, -0.15) is 0 Å². The molecule has 3 aromatic carbocycles. The van der Waals surface area contributed by atoms with Gasteiger partial charge in [0.05, 0.1) is 22.8 Å². The number of nitrogens with zero attached hydrogens (tertiary/aromatic N) is 1. The van der Waals surface area contributed by atoms with Crippen LogP contribution in [0.1, 0.15) is 42.1 Å². The quantitative estimate of drug-likeness (QED) is 0.253. The van der Waals surface area contributed by atoms with E-state index in [0.29, 0.717) is 50.0 Å². The number of oxazole rings is 1. The molecule has 1 unspecified atom stereocenters. The second-order valence-electron chi connectivity index (χ2n) is 8.01. The Labute approximate surface area is 218 Å². The van der Waals surface area contributed by atoms with Crippen molar-refractivity contribution in [1.82, 2.24) is 10.3 Å². The van der Waals surface area contributed by atoms with Crippen LogP contribution < -0.4 is 15.4 Å². The molecule has 180 valence electrons. The third kappa shape index (κ3) is 5.59. The Balaban J connectivity index is 1.52. The Bertz CT molecular complexity index is 1420. The van der Waals surface area contributed by atoms with Crippen LogP contribution in [0.2, 0.25) is 10.0 Å². The number of ether oxygens (including phenoxy) is 1. The van der Waals surface area contributed by atoms with Crippen LogP contribution >= 0.6 is 35.4 Å². The van der Waals surface area contributed by atoms with Gasteiger partial charge in [0.25, 0.3) is 5.91 Å². The van der Waals surface area contributed by atoms with Crippen LogP contribution in [0.5, 0.6) is 5.75 Å². The Hall–Kier alpha value is -3.13. The van der Waals surface area contributed by atoms with Gasteiger partial charge >= 0.3 is 0 Å². The highest BCUT2D eigenvalue weighted by molar-refractivity contribution is 7.80. The van der Waals surface area contributed by atoms with Crippen molar-refractivity contribution in [2.75, 3.05) is 12.4 Å². The summed E-state index contributed by atoms with van der Waals surface area (Å²) in [5.41, 5.74) is 4.28. The number of thiocarbonyl (C=S) groups is 1. The first-order valence-electron chi connectivity index (χ1n) is 10.9. The number of anilines is 1. The second kappa shape index (κ2) is 10.6. The minimum atomic E-state index is -0.421. The number of hydrogen-bond acceptors (Lipinski definition) is 5. The molecule has 9 heteroatoms. The van der Waals surface area contributed by atoms with Gasteiger partial charge in [0.2, 0.25) is 5.89 Å². The van der Waals surface area contributed by atoms with E-state index in [-0.39, 0.29) is 5.11 Å². The molecule has 6 nitrogen and oxygen atoms in total. The summed E-state index contributed by atoms with van der Waals surface area (Å²) in [6.07, 6.45) is 1.05. The summed E-state index contributed by atoms with van der Waals surface area (Å²) in [4.78, 5) is 17.2. The lowest BCUT2D eigenvalue weighted by molar-refractivity contribution is 0.0977. The van der Waals surface area contributed by atoms with E-state index in [4.69, 9.17) is 44.6 Å². The molecule has 1 atom stereocenters. The second-order valence-corrected chi connectivity index (χ2v) is 9.23. The molecule has 4 rings (SSSR count). The largest absolute Gasteiger partial charge is 0.495 e. The Morgan fingerprint density at radius 1 is 1.11 bits per heavy atom. The molecule has 1 aromatic heterocycles. The first-order chi connectivity index (χ1) is 16.8. The molecule has 35 heavy (non-hydrogen) atoms. The maximum atomic E-state index is 12.6. The minimum Gasteiger partial charge on any atom is -0.495 e. The maximum absolute atomic E-state index is 12.6. The molecule has 4 aromatic rings. The third-order valence-electron chi connectivity index (χ3n) is 5.70. The van der Waals surface area contributed by atoms with Gasteiger partial charge in [-0.25, -0.2) is 4.98 Å². The van der Waals surface area contributed by atoms with Crippen molar-refractivity contribution in [3.63, 3.8) is 0 Å². The SMILES string of the molecule is CCC(C)c1ccc2oc(-c3ccc(Cl)c(NC(=S)NC(=O)c4ccc(OC)c(Cl)c4)c3)nc2c1. The minimum absolute atomic E-state index is 0.0803. The van der Waals surface area contributed by atoms with Crippen LogP contribution in [0.4, 0.5) is 5.69 Å². The van der Waals surface area contributed by atoms with Gasteiger partial charge < -0.3 is 14.5 Å². The molecule has 0 radical (unpaired) electrons. The molecular weight excluding hydrogens is 505 g/mol. The zero-order valence-corrected chi connectivity index (χ0v) is 21.6. The lowest BCUT2D eigenvalue weighted by Crippen LogP contribution is -2.34. The third-order valence-corrected chi connectivity index (χ3v) is 6.52. The van der Waals surface area contributed by atoms with E-state index in [1.165, 1.54) is 18.7 Å². The van der Waals surface area contributed by atoms with Gasteiger partial charge in [-0.3, -0.25) is 10.1 Å². The summed E-state index contributed by atoms with van der Waals surface area (Å²) in [5, 5.41) is 6.42. The number of methoxy groups -OCH3 is 1. The smallest absolute Gasteiger partial charge is 0.257 e. The van der Waals surface area contributed by atoms with Crippen LogP contribution in [0.3, 0.4) is 0 Å². The fraction of sp³-hybridized carbons (Fsp3) is 0.192. The lowest BCUT2D eigenvalue weighted by Gasteiger charge is -2.12. The lowest BCUT2D eigenvalue weighted by atomic mass is 9.98. The molecule has 2 N–H and O–H groups in total. The van der Waals surface area contributed by atoms with Crippen molar-refractivity contribution in [2.45, 2.75) is 26.2 Å². The van der Waals surface area contributed by atoms with Crippen molar-refractivity contribution < 1.29 is 13.9 Å². The van der Waals surface area contributed by atoms with Crippen molar-refractivity contribution in [3.05, 3.63) is 75.8 Å². The predicted octanol–water partition coefficient (Wildman–Crippen LogP) is 7.45. The number of rotatable bonds is 6. The molecule has 0 spiro atoms. The molecule has 0 saturated carbocycles. The van der Waals surface area contributed by atoms with Crippen LogP contribution in [-0.4, -0.2) is 23.1 Å². The van der Waals surface area contributed by atoms with E-state index < -0.39 is 5.91 Å². The normalized spacial score (nSPS) is 11.8. The standard InChI is InChI=1S/C26H23Cl2N3O3S/c1-4-14(2)15-6-10-23-21(12-15)29-25(34-23)17-5-8-18(27)20(13-17)30-26(35)31-24(32)16-7-9-22(33-3)19(28)11-16/h5-14H,4H2,1-3H3,(H2,30,31,32,35). The zero-order valence-electron chi connectivity index (χ0n) is 19.3. The first kappa shape index (κ1) is 25.0. The van der Waals surface area contributed by atoms with Crippen molar-refractivity contribution in [1.29, 1.82) is 0 Å². The van der Waals surface area contributed by atoms with Crippen LogP contribution in [0.15, 0.2) is 59.0 Å². The number of halogens is 2. The van der Waals surface area contributed by atoms with Gasteiger partial charge in [-0.15, -0.1) is 0 Å². The summed E-state index contributed by atoms with van der Waals surface area (Å²) in [6, 6.07) is 16.1. The molecule has 0 aliphatic rings. The summed E-state index contributed by atoms with van der Waals surface area (Å²) < 4.78 is 11.1. The Morgan fingerprint density at radius 2 is 1.91 bits per heavy atom. The predicted molar refractivity (Wildman–Crippen MR) is 145 cm³/mol. The van der Waals surface area contributed by atoms with Gasteiger partial charge in [0.1, 0.15) is 11.3 Å². The fourth-order valence-electron chi connectivity index (χ4n) is 3.50. The summed E-state index contributed by atoms with van der Waals surface area (Å²) >= 11 is 17.8. The van der Waals surface area contributed by atoms with Crippen LogP contribution in [0, 0.1) is 0 Å². The molecule has 0 bridgehead atoms. The number of fused-ring (bicyclic) bond motifs is 1. The number of carbonyl (C=O) groups is 1. The number of nitrogens with one attached hydrogen (secondary N) is 2. The van der Waals surface area contributed by atoms with Crippen LogP contribution in [-0.2, 0) is 0 Å². The van der Waals surface area contributed by atoms with E-state index in [0.717, 1.165) is 11.9 Å². The molecule has 1 heterocycles. The number of benzene rings is 3. The van der Waals surface area contributed by atoms with Crippen molar-refractivity contribution in [2.24, 2.45) is 0 Å². The summed E-state index contributed by atoms with van der Waals surface area (Å²) in [5.74, 6) is 0.957. The van der Waals surface area contributed by atoms with Gasteiger partial charge in [-0.05, 0) is 78.7 Å². The topological polar surface area (TPSA) is 76.4 Å². The van der Waals surface area contributed by atoms with E-state index in [1.54, 1.807) is 24.3 Å². The van der Waals surface area contributed by atoms with Crippen molar-refractivity contribution >= 4 is 63.2 Å². The van der Waals surface area contributed by atoms with E-state index >= 15 is 0 Å². The van der Waals surface area contributed by atoms with E-state index in [2.05, 4.69) is 41.6 Å². The highest BCUT2D eigenvalue weighted by atomic mass is 35.5. The molecule has 0 saturated heterocycles. The molecule has 0 aliphatic carbocycles. The fourth-order valence-corrected chi connectivity index (χ4v) is 4.13. The van der Waals surface area contributed by atoms with Crippen molar-refractivity contribution in [3.8, 4) is 17.2 Å². The number of hydrogen-bond donors (Lipinski definition) is 2. The van der Waals surface area contributed by atoms with E-state index in [1.807, 2.05) is 12.1 Å². The Morgan fingerprint density at radius 3 is 2.63 bits per heavy atom. The highest BCUT2D eigenvalue weighted by Gasteiger charge is 2.15. The number of amides is 1. The van der Waals surface area contributed by atoms with Gasteiger partial charge in [0.15, 0.2) is 10.7 Å². The zero-order chi connectivity index (χ0) is 25.1. The average Bonchev–Trinajstić information content (AvgIpc) is 3.28. The summed E-state index contributed by atoms with van der Waals surface area (Å²) in [6.45, 7) is 4.34. The number of carbonyl (C=O) groups excluding carboxylic acids is 1. The monoisotopic (exact) mass is 527 g/mol. The van der Waals surface area contributed by atoms with Gasteiger partial charge in [0, 0.05) is 11.1 Å². The molecule has 0 fully saturated rings. The highest BCUT2D eigenvalue weighted by Crippen LogP contribution is 2.32. The Kier molecular flexibility index (Phi) is 7.60. The van der Waals surface area contributed by atoms with E-state index in [9.17, 15) is 4.79 Å². The molecule has 0 aliphatic heterocycles. The summed E-state index contributed by atoms with van der Waals surface area (Å²) in [7, 11) is 1.50. The molecule has 1 amide bonds. The maximum Gasteiger partial charge on any atom is 0.257 e. The number of aromatic nitrogens is 1. The molecular formula is C26H23Cl2N3O3S. The first-order valence-corrected chi connectivity index (χ1v) is 12.1. The van der Waals surface area contributed by atoms with Gasteiger partial charge in [-0.1, -0.05) is 43.1 Å². The van der Waals surface area contributed by atoms with Crippen LogP contribution in [0.25, 0.3) is 22.6 Å². The average molecular weight is 528 g/mol.